The molecule has 0 aromatic heterocycles. The van der Waals surface area contributed by atoms with Crippen LogP contribution in [-0.4, -0.2) is 43.7 Å². The molecule has 0 heterocycles. The number of aryl methyl sites for hydroxylation is 2. The summed E-state index contributed by atoms with van der Waals surface area (Å²) in [5.74, 6) is -0.673. The number of sulfonamides is 1. The number of alkyl halides is 3. The number of halogens is 4. The Hall–Kier alpha value is -1.19. The fourth-order valence-corrected chi connectivity index (χ4v) is 3.86. The molecule has 0 saturated heterocycles. The average molecular weight is 329 g/mol. The van der Waals surface area contributed by atoms with Crippen LogP contribution in [0.4, 0.5) is 17.6 Å². The minimum absolute atomic E-state index is 0.0117. The Labute approximate surface area is 120 Å². The largest absolute Gasteiger partial charge is 0.402 e. The maximum absolute atomic E-state index is 13.2. The van der Waals surface area contributed by atoms with Crippen molar-refractivity contribution >= 4 is 10.0 Å². The molecule has 0 bridgehead atoms. The van der Waals surface area contributed by atoms with Gasteiger partial charge >= 0.3 is 6.18 Å². The molecule has 0 unspecified atom stereocenters. The third-order valence-corrected chi connectivity index (χ3v) is 4.88. The van der Waals surface area contributed by atoms with Crippen LogP contribution in [0.1, 0.15) is 11.1 Å². The van der Waals surface area contributed by atoms with Crippen LogP contribution in [0.15, 0.2) is 17.0 Å². The molecular formula is C12H15F4NO3S. The van der Waals surface area contributed by atoms with Crippen LogP contribution in [-0.2, 0) is 10.0 Å². The summed E-state index contributed by atoms with van der Waals surface area (Å²) in [7, 11) is -4.49. The molecule has 1 rings (SSSR count). The number of hydrogen-bond donors (Lipinski definition) is 1. The standard InChI is InChI=1S/C12H15F4NO3S/c1-8-5-10(13)6-9(2)11(8)21(19,20)17(3-4-18)7-12(14,15)16/h5-6,18H,3-4,7H2,1-2H3. The topological polar surface area (TPSA) is 57.6 Å². The van der Waals surface area contributed by atoms with Gasteiger partial charge in [-0.2, -0.15) is 17.5 Å². The Balaban J connectivity index is 3.36. The van der Waals surface area contributed by atoms with Crippen molar-refractivity contribution in [2.24, 2.45) is 0 Å². The van der Waals surface area contributed by atoms with E-state index in [0.717, 1.165) is 12.1 Å². The van der Waals surface area contributed by atoms with Crippen LogP contribution >= 0.6 is 0 Å². The van der Waals surface area contributed by atoms with Crippen molar-refractivity contribution in [1.82, 2.24) is 4.31 Å². The maximum atomic E-state index is 13.2. The van der Waals surface area contributed by atoms with Crippen LogP contribution in [0.5, 0.6) is 0 Å². The molecule has 1 N–H and O–H groups in total. The van der Waals surface area contributed by atoms with Gasteiger partial charge in [-0.05, 0) is 37.1 Å². The zero-order valence-corrected chi connectivity index (χ0v) is 12.2. The van der Waals surface area contributed by atoms with Crippen molar-refractivity contribution in [3.63, 3.8) is 0 Å². The summed E-state index contributed by atoms with van der Waals surface area (Å²) in [4.78, 5) is -0.374. The normalized spacial score (nSPS) is 13.0. The van der Waals surface area contributed by atoms with Crippen molar-refractivity contribution in [1.29, 1.82) is 0 Å². The van der Waals surface area contributed by atoms with Gasteiger partial charge in [0.1, 0.15) is 12.4 Å². The summed E-state index contributed by atoms with van der Waals surface area (Å²) in [5.41, 5.74) is 0.0234. The van der Waals surface area contributed by atoms with Crippen LogP contribution in [0.25, 0.3) is 0 Å². The van der Waals surface area contributed by atoms with Gasteiger partial charge in [0.05, 0.1) is 11.5 Å². The van der Waals surface area contributed by atoms with Crippen LogP contribution in [0, 0.1) is 19.7 Å². The molecule has 21 heavy (non-hydrogen) atoms. The van der Waals surface area contributed by atoms with Crippen LogP contribution < -0.4 is 0 Å². The number of aliphatic hydroxyl groups is 1. The molecule has 0 saturated carbocycles. The van der Waals surface area contributed by atoms with E-state index in [4.69, 9.17) is 5.11 Å². The zero-order valence-electron chi connectivity index (χ0n) is 11.4. The summed E-state index contributed by atoms with van der Waals surface area (Å²) in [6.45, 7) is -0.569. The Morgan fingerprint density at radius 2 is 1.67 bits per heavy atom. The van der Waals surface area contributed by atoms with Gasteiger partial charge in [0.2, 0.25) is 10.0 Å². The van der Waals surface area contributed by atoms with Gasteiger partial charge in [0.25, 0.3) is 0 Å². The third-order valence-electron chi connectivity index (χ3n) is 2.73. The van der Waals surface area contributed by atoms with E-state index >= 15 is 0 Å². The molecule has 1 aromatic carbocycles. The molecule has 0 radical (unpaired) electrons. The average Bonchev–Trinajstić information content (AvgIpc) is 2.24. The number of aliphatic hydroxyl groups excluding tert-OH is 1. The van der Waals surface area contributed by atoms with Gasteiger partial charge in [-0.25, -0.2) is 12.8 Å². The first-order valence-corrected chi connectivity index (χ1v) is 7.37. The quantitative estimate of drug-likeness (QED) is 0.841. The third kappa shape index (κ3) is 4.39. The highest BCUT2D eigenvalue weighted by Gasteiger charge is 2.37. The molecule has 0 spiro atoms. The predicted molar refractivity (Wildman–Crippen MR) is 67.8 cm³/mol. The van der Waals surface area contributed by atoms with Crippen LogP contribution in [0.2, 0.25) is 0 Å². The Morgan fingerprint density at radius 3 is 2.05 bits per heavy atom. The number of benzene rings is 1. The lowest BCUT2D eigenvalue weighted by atomic mass is 10.1. The summed E-state index contributed by atoms with van der Waals surface area (Å²) < 4.78 is 75.5. The van der Waals surface area contributed by atoms with E-state index in [2.05, 4.69) is 0 Å². The fourth-order valence-electron chi connectivity index (χ4n) is 2.03. The van der Waals surface area contributed by atoms with E-state index in [9.17, 15) is 26.0 Å². The molecule has 0 fully saturated rings. The highest BCUT2D eigenvalue weighted by atomic mass is 32.2. The first-order chi connectivity index (χ1) is 9.49. The second-order valence-corrected chi connectivity index (χ2v) is 6.42. The molecule has 120 valence electrons. The highest BCUT2D eigenvalue weighted by molar-refractivity contribution is 7.89. The second kappa shape index (κ2) is 6.29. The van der Waals surface area contributed by atoms with Crippen molar-refractivity contribution in [2.75, 3.05) is 19.7 Å². The van der Waals surface area contributed by atoms with Gasteiger partial charge in [-0.1, -0.05) is 0 Å². The SMILES string of the molecule is Cc1cc(F)cc(C)c1S(=O)(=O)N(CCO)CC(F)(F)F. The van der Waals surface area contributed by atoms with Crippen LogP contribution in [0.3, 0.4) is 0 Å². The maximum Gasteiger partial charge on any atom is 0.402 e. The van der Waals surface area contributed by atoms with Gasteiger partial charge in [0.15, 0.2) is 0 Å². The second-order valence-electron chi connectivity index (χ2n) is 4.55. The zero-order chi connectivity index (χ0) is 16.4. The van der Waals surface area contributed by atoms with E-state index in [1.165, 1.54) is 13.8 Å². The summed E-state index contributed by atoms with van der Waals surface area (Å²) in [5, 5.41) is 8.79. The highest BCUT2D eigenvalue weighted by Crippen LogP contribution is 2.27. The van der Waals surface area contributed by atoms with E-state index in [1.807, 2.05) is 0 Å². The summed E-state index contributed by atoms with van der Waals surface area (Å²) in [6, 6.07) is 1.87. The van der Waals surface area contributed by atoms with Gasteiger partial charge < -0.3 is 5.11 Å². The lowest BCUT2D eigenvalue weighted by molar-refractivity contribution is -0.136. The first kappa shape index (κ1) is 17.9. The van der Waals surface area contributed by atoms with E-state index in [-0.39, 0.29) is 20.3 Å². The molecule has 0 aliphatic rings. The van der Waals surface area contributed by atoms with Gasteiger partial charge in [-0.15, -0.1) is 0 Å². The molecule has 0 aliphatic carbocycles. The molecular weight excluding hydrogens is 314 g/mol. The predicted octanol–water partition coefficient (Wildman–Crippen LogP) is 1.99. The molecule has 0 amide bonds. The lowest BCUT2D eigenvalue weighted by Crippen LogP contribution is -2.41. The van der Waals surface area contributed by atoms with Gasteiger partial charge in [-0.3, -0.25) is 0 Å². The van der Waals surface area contributed by atoms with E-state index in [1.54, 1.807) is 0 Å². The smallest absolute Gasteiger partial charge is 0.395 e. The fraction of sp³-hybridized carbons (Fsp3) is 0.500. The number of hydrogen-bond acceptors (Lipinski definition) is 3. The minimum Gasteiger partial charge on any atom is -0.395 e. The van der Waals surface area contributed by atoms with Gasteiger partial charge in [0, 0.05) is 6.54 Å². The van der Waals surface area contributed by atoms with Crippen molar-refractivity contribution in [2.45, 2.75) is 24.9 Å². The summed E-state index contributed by atoms with van der Waals surface area (Å²) in [6.07, 6.45) is -4.75. The lowest BCUT2D eigenvalue weighted by Gasteiger charge is -2.24. The first-order valence-electron chi connectivity index (χ1n) is 5.93. The Morgan fingerprint density at radius 1 is 1.19 bits per heavy atom. The summed E-state index contributed by atoms with van der Waals surface area (Å²) >= 11 is 0. The molecule has 1 aromatic rings. The molecule has 0 aliphatic heterocycles. The monoisotopic (exact) mass is 329 g/mol. The van der Waals surface area contributed by atoms with E-state index < -0.39 is 41.7 Å². The molecule has 9 heteroatoms. The van der Waals surface area contributed by atoms with Crippen molar-refractivity contribution < 1.29 is 31.1 Å². The van der Waals surface area contributed by atoms with Crippen molar-refractivity contribution in [3.05, 3.63) is 29.1 Å². The number of rotatable bonds is 5. The minimum atomic E-state index is -4.75. The van der Waals surface area contributed by atoms with Crippen molar-refractivity contribution in [3.8, 4) is 0 Å². The molecule has 0 atom stereocenters. The number of nitrogens with zero attached hydrogens (tertiary/aromatic N) is 1. The van der Waals surface area contributed by atoms with E-state index in [0.29, 0.717) is 0 Å². The Kier molecular flexibility index (Phi) is 5.35. The Bertz CT molecular complexity index is 590. The molecule has 4 nitrogen and oxygen atoms in total.